The fourth-order valence-corrected chi connectivity index (χ4v) is 4.39. The molecule has 4 rings (SSSR count). The fourth-order valence-electron chi connectivity index (χ4n) is 4.39. The number of methoxy groups -OCH3 is 1. The number of hydrogen-bond acceptors (Lipinski definition) is 5. The molecule has 0 radical (unpaired) electrons. The molecular formula is C20H31BN2O3. The number of likely N-dealkylation sites (N-methyl/N-ethyl adjacent to an activating group) is 1. The summed E-state index contributed by atoms with van der Waals surface area (Å²) >= 11 is 0. The summed E-state index contributed by atoms with van der Waals surface area (Å²) in [7, 11) is 3.65. The van der Waals surface area contributed by atoms with Gasteiger partial charge in [-0.25, -0.2) is 0 Å². The van der Waals surface area contributed by atoms with Crippen LogP contribution in [-0.2, 0) is 9.31 Å². The lowest BCUT2D eigenvalue weighted by Crippen LogP contribution is -2.52. The molecule has 2 atom stereocenters. The smallest absolute Gasteiger partial charge is 0.494 e. The van der Waals surface area contributed by atoms with Gasteiger partial charge >= 0.3 is 7.12 Å². The Labute approximate surface area is 157 Å². The van der Waals surface area contributed by atoms with E-state index in [0.29, 0.717) is 12.1 Å². The van der Waals surface area contributed by atoms with Crippen molar-refractivity contribution in [1.29, 1.82) is 0 Å². The Kier molecular flexibility index (Phi) is 4.29. The van der Waals surface area contributed by atoms with Crippen LogP contribution in [0.4, 0.5) is 5.69 Å². The molecule has 6 heteroatoms. The maximum absolute atomic E-state index is 6.20. The summed E-state index contributed by atoms with van der Waals surface area (Å²) in [5.41, 5.74) is 1.53. The van der Waals surface area contributed by atoms with Gasteiger partial charge in [0.1, 0.15) is 5.75 Å². The maximum atomic E-state index is 6.20. The molecule has 2 bridgehead atoms. The maximum Gasteiger partial charge on any atom is 0.494 e. The summed E-state index contributed by atoms with van der Waals surface area (Å²) < 4.78 is 18.1. The second kappa shape index (κ2) is 6.15. The molecule has 26 heavy (non-hydrogen) atoms. The third-order valence-corrected chi connectivity index (χ3v) is 6.92. The third-order valence-electron chi connectivity index (χ3n) is 6.92. The van der Waals surface area contributed by atoms with Crippen molar-refractivity contribution in [2.45, 2.75) is 63.8 Å². The van der Waals surface area contributed by atoms with Crippen molar-refractivity contribution in [2.75, 3.05) is 32.1 Å². The third kappa shape index (κ3) is 2.83. The van der Waals surface area contributed by atoms with Gasteiger partial charge in [0, 0.05) is 25.2 Å². The van der Waals surface area contributed by atoms with Crippen LogP contribution in [0.25, 0.3) is 0 Å². The SMILES string of the molecule is COc1cc(B2OC(C)(C)C(C)(C)O2)ccc1N1CC2CCC(C1)N2C. The molecule has 2 unspecified atom stereocenters. The predicted octanol–water partition coefficient (Wildman–Crippen LogP) is 2.28. The number of fused-ring (bicyclic) bond motifs is 2. The second-order valence-electron chi connectivity index (χ2n) is 8.97. The van der Waals surface area contributed by atoms with Crippen molar-refractivity contribution in [2.24, 2.45) is 0 Å². The highest BCUT2D eigenvalue weighted by Crippen LogP contribution is 2.38. The number of benzene rings is 1. The van der Waals surface area contributed by atoms with Crippen LogP contribution in [0.2, 0.25) is 0 Å². The van der Waals surface area contributed by atoms with Crippen LogP contribution in [0.3, 0.4) is 0 Å². The summed E-state index contributed by atoms with van der Waals surface area (Å²) in [5.74, 6) is 0.904. The summed E-state index contributed by atoms with van der Waals surface area (Å²) in [5, 5.41) is 0. The number of anilines is 1. The minimum Gasteiger partial charge on any atom is -0.495 e. The van der Waals surface area contributed by atoms with Gasteiger partial charge in [-0.15, -0.1) is 0 Å². The molecule has 3 heterocycles. The molecule has 0 aromatic heterocycles. The van der Waals surface area contributed by atoms with E-state index >= 15 is 0 Å². The van der Waals surface area contributed by atoms with Gasteiger partial charge in [0.15, 0.2) is 0 Å². The van der Waals surface area contributed by atoms with Gasteiger partial charge in [-0.2, -0.15) is 0 Å². The van der Waals surface area contributed by atoms with Crippen LogP contribution in [0, 0.1) is 0 Å². The van der Waals surface area contributed by atoms with E-state index in [2.05, 4.69) is 62.7 Å². The van der Waals surface area contributed by atoms with Gasteiger partial charge < -0.3 is 18.9 Å². The van der Waals surface area contributed by atoms with E-state index in [4.69, 9.17) is 14.0 Å². The number of piperazine rings is 1. The number of rotatable bonds is 3. The molecule has 0 spiro atoms. The van der Waals surface area contributed by atoms with E-state index < -0.39 is 0 Å². The Hall–Kier alpha value is -1.24. The van der Waals surface area contributed by atoms with Gasteiger partial charge in [0.05, 0.1) is 24.0 Å². The Morgan fingerprint density at radius 1 is 1.04 bits per heavy atom. The molecule has 3 aliphatic heterocycles. The van der Waals surface area contributed by atoms with Crippen LogP contribution < -0.4 is 15.1 Å². The highest BCUT2D eigenvalue weighted by Gasteiger charge is 2.51. The normalized spacial score (nSPS) is 30.1. The second-order valence-corrected chi connectivity index (χ2v) is 8.97. The molecule has 3 fully saturated rings. The summed E-state index contributed by atoms with van der Waals surface area (Å²) in [6.07, 6.45) is 2.60. The lowest BCUT2D eigenvalue weighted by Gasteiger charge is -2.40. The zero-order chi connectivity index (χ0) is 18.7. The lowest BCUT2D eigenvalue weighted by molar-refractivity contribution is 0.00578. The summed E-state index contributed by atoms with van der Waals surface area (Å²) in [4.78, 5) is 5.02. The first-order chi connectivity index (χ1) is 12.2. The van der Waals surface area contributed by atoms with Crippen LogP contribution in [0.15, 0.2) is 18.2 Å². The van der Waals surface area contributed by atoms with Crippen LogP contribution in [0.5, 0.6) is 5.75 Å². The first-order valence-electron chi connectivity index (χ1n) is 9.72. The Morgan fingerprint density at radius 2 is 1.62 bits per heavy atom. The first kappa shape index (κ1) is 18.1. The number of hydrogen-bond donors (Lipinski definition) is 0. The molecule has 0 saturated carbocycles. The van der Waals surface area contributed by atoms with Crippen molar-refractivity contribution < 1.29 is 14.0 Å². The zero-order valence-electron chi connectivity index (χ0n) is 16.9. The summed E-state index contributed by atoms with van der Waals surface area (Å²) in [6, 6.07) is 7.68. The van der Waals surface area contributed by atoms with Gasteiger partial charge in [0.25, 0.3) is 0 Å². The minimum atomic E-state index is -0.355. The van der Waals surface area contributed by atoms with E-state index in [0.717, 1.165) is 24.3 Å². The standard InChI is InChI=1S/C20H31BN2O3/c1-19(2)20(3,4)26-21(25-19)14-7-10-17(18(11-14)24-6)23-12-15-8-9-16(13-23)22(15)5/h7,10-11,15-16H,8-9,12-13H2,1-6H3. The molecule has 0 amide bonds. The molecule has 142 valence electrons. The van der Waals surface area contributed by atoms with Crippen LogP contribution in [-0.4, -0.2) is 62.6 Å². The average molecular weight is 358 g/mol. The van der Waals surface area contributed by atoms with Crippen LogP contribution in [0.1, 0.15) is 40.5 Å². The van der Waals surface area contributed by atoms with Gasteiger partial charge in [0.2, 0.25) is 0 Å². The van der Waals surface area contributed by atoms with Gasteiger partial charge in [-0.1, -0.05) is 6.07 Å². The first-order valence-corrected chi connectivity index (χ1v) is 9.72. The Bertz CT molecular complexity index is 664. The zero-order valence-corrected chi connectivity index (χ0v) is 16.9. The van der Waals surface area contributed by atoms with Crippen molar-refractivity contribution >= 4 is 18.3 Å². The minimum absolute atomic E-state index is 0.333. The summed E-state index contributed by atoms with van der Waals surface area (Å²) in [6.45, 7) is 10.5. The van der Waals surface area contributed by atoms with Crippen molar-refractivity contribution in [3.8, 4) is 5.75 Å². The Morgan fingerprint density at radius 3 is 2.15 bits per heavy atom. The average Bonchev–Trinajstić information content (AvgIpc) is 2.92. The van der Waals surface area contributed by atoms with Crippen molar-refractivity contribution in [3.05, 3.63) is 18.2 Å². The molecular weight excluding hydrogens is 327 g/mol. The molecule has 0 aliphatic carbocycles. The molecule has 1 aromatic rings. The fraction of sp³-hybridized carbons (Fsp3) is 0.700. The lowest BCUT2D eigenvalue weighted by atomic mass is 9.79. The van der Waals surface area contributed by atoms with Gasteiger partial charge in [-0.05, 0) is 65.2 Å². The predicted molar refractivity (Wildman–Crippen MR) is 105 cm³/mol. The van der Waals surface area contributed by atoms with Crippen LogP contribution >= 0.6 is 0 Å². The molecule has 3 saturated heterocycles. The molecule has 3 aliphatic rings. The Balaban J connectivity index is 1.58. The quantitative estimate of drug-likeness (QED) is 0.775. The monoisotopic (exact) mass is 358 g/mol. The van der Waals surface area contributed by atoms with Crippen molar-refractivity contribution in [3.63, 3.8) is 0 Å². The van der Waals surface area contributed by atoms with E-state index in [-0.39, 0.29) is 18.3 Å². The van der Waals surface area contributed by atoms with E-state index in [1.54, 1.807) is 7.11 Å². The molecule has 1 aromatic carbocycles. The number of nitrogens with zero attached hydrogens (tertiary/aromatic N) is 2. The molecule has 5 nitrogen and oxygen atoms in total. The molecule has 0 N–H and O–H groups in total. The van der Waals surface area contributed by atoms with Crippen molar-refractivity contribution in [1.82, 2.24) is 4.90 Å². The number of ether oxygens (including phenoxy) is 1. The largest absolute Gasteiger partial charge is 0.495 e. The van der Waals surface area contributed by atoms with E-state index in [1.165, 1.54) is 18.5 Å². The van der Waals surface area contributed by atoms with E-state index in [9.17, 15) is 0 Å². The van der Waals surface area contributed by atoms with Gasteiger partial charge in [-0.3, -0.25) is 4.90 Å². The van der Waals surface area contributed by atoms with E-state index in [1.807, 2.05) is 0 Å². The highest BCUT2D eigenvalue weighted by atomic mass is 16.7. The topological polar surface area (TPSA) is 34.2 Å². The highest BCUT2D eigenvalue weighted by molar-refractivity contribution is 6.62.